The first-order valence-electron chi connectivity index (χ1n) is 12.7. The van der Waals surface area contributed by atoms with Gasteiger partial charge in [0.25, 0.3) is 11.5 Å². The molecule has 5 aromatic rings. The Hall–Kier alpha value is -4.27. The summed E-state index contributed by atoms with van der Waals surface area (Å²) < 4.78 is 7.01. The maximum absolute atomic E-state index is 13.7. The fourth-order valence-corrected chi connectivity index (χ4v) is 5.34. The van der Waals surface area contributed by atoms with Crippen molar-refractivity contribution in [3.63, 3.8) is 0 Å². The van der Waals surface area contributed by atoms with Crippen molar-refractivity contribution >= 4 is 50.7 Å². The van der Waals surface area contributed by atoms with Crippen LogP contribution in [0.25, 0.3) is 33.2 Å². The molecule has 7 nitrogen and oxygen atoms in total. The van der Waals surface area contributed by atoms with Crippen LogP contribution in [0.4, 0.5) is 5.13 Å². The molecule has 2 heterocycles. The molecule has 0 aliphatic rings. The number of halogens is 1. The van der Waals surface area contributed by atoms with Gasteiger partial charge >= 0.3 is 5.97 Å². The molecular weight excluding hydrogens is 546 g/mol. The molecule has 9 heteroatoms. The lowest BCUT2D eigenvalue weighted by Crippen LogP contribution is -2.34. The van der Waals surface area contributed by atoms with Gasteiger partial charge in [0, 0.05) is 34.0 Å². The molecule has 0 aliphatic carbocycles. The molecule has 40 heavy (non-hydrogen) atoms. The molecule has 2 aromatic heterocycles. The van der Waals surface area contributed by atoms with E-state index in [4.69, 9.17) is 16.3 Å². The molecular formula is C31H26ClN3O4S. The molecule has 3 aromatic carbocycles. The number of amides is 1. The Kier molecular flexibility index (Phi) is 7.82. The molecule has 0 spiro atoms. The molecule has 1 unspecified atom stereocenters. The number of thiazole rings is 1. The molecule has 0 aliphatic heterocycles. The average Bonchev–Trinajstić information content (AvgIpc) is 3.42. The second-order valence-electron chi connectivity index (χ2n) is 9.34. The van der Waals surface area contributed by atoms with Crippen LogP contribution in [-0.4, -0.2) is 27.5 Å². The molecule has 0 fully saturated rings. The predicted molar refractivity (Wildman–Crippen MR) is 160 cm³/mol. The van der Waals surface area contributed by atoms with E-state index in [1.165, 1.54) is 23.0 Å². The van der Waals surface area contributed by atoms with Crippen LogP contribution in [0.1, 0.15) is 29.4 Å². The fourth-order valence-electron chi connectivity index (χ4n) is 4.49. The minimum absolute atomic E-state index is 0.0492. The number of aromatic nitrogens is 2. The quantitative estimate of drug-likeness (QED) is 0.215. The van der Waals surface area contributed by atoms with E-state index in [-0.39, 0.29) is 17.7 Å². The lowest BCUT2D eigenvalue weighted by Gasteiger charge is -2.20. The minimum atomic E-state index is -1.10. The highest BCUT2D eigenvalue weighted by Crippen LogP contribution is 2.32. The third kappa shape index (κ3) is 5.41. The van der Waals surface area contributed by atoms with E-state index in [1.807, 2.05) is 36.6 Å². The van der Waals surface area contributed by atoms with Crippen molar-refractivity contribution in [2.45, 2.75) is 26.4 Å². The summed E-state index contributed by atoms with van der Waals surface area (Å²) in [7, 11) is 1.52. The highest BCUT2D eigenvalue weighted by molar-refractivity contribution is 7.14. The second kappa shape index (κ2) is 11.5. The number of esters is 1. The summed E-state index contributed by atoms with van der Waals surface area (Å²) in [4.78, 5) is 44.5. The number of aryl methyl sites for hydroxylation is 1. The fraction of sp³-hybridized carbons (Fsp3) is 0.161. The average molecular weight is 572 g/mol. The first-order chi connectivity index (χ1) is 19.3. The monoisotopic (exact) mass is 571 g/mol. The van der Waals surface area contributed by atoms with Crippen LogP contribution in [0.3, 0.4) is 0 Å². The summed E-state index contributed by atoms with van der Waals surface area (Å²) in [6, 6.07) is 22.0. The normalized spacial score (nSPS) is 11.8. The van der Waals surface area contributed by atoms with Gasteiger partial charge in [-0.25, -0.2) is 9.78 Å². The van der Waals surface area contributed by atoms with Crippen molar-refractivity contribution in [3.05, 3.63) is 105 Å². The highest BCUT2D eigenvalue weighted by atomic mass is 35.5. The van der Waals surface area contributed by atoms with E-state index in [0.717, 1.165) is 16.8 Å². The first-order valence-corrected chi connectivity index (χ1v) is 13.9. The minimum Gasteiger partial charge on any atom is -0.448 e. The Morgan fingerprint density at radius 1 is 1.00 bits per heavy atom. The number of anilines is 1. The standard InChI is InChI=1S/C31H26ClN3O4S/c1-4-25(28(36)34-31-33-24(17-40-31)19-11-9-18(2)10-12-19)39-30(38)27-26(20-13-15-21(32)16-14-20)22-7-5-6-8-23(22)29(37)35(27)3/h5-17,25H,4H2,1-3H3,(H,33,34,36). The summed E-state index contributed by atoms with van der Waals surface area (Å²) in [6.45, 7) is 3.76. The van der Waals surface area contributed by atoms with Gasteiger partial charge in [0.15, 0.2) is 11.2 Å². The zero-order chi connectivity index (χ0) is 28.4. The number of hydrogen-bond acceptors (Lipinski definition) is 6. The number of hydrogen-bond donors (Lipinski definition) is 1. The zero-order valence-corrected chi connectivity index (χ0v) is 23.7. The third-order valence-electron chi connectivity index (χ3n) is 6.62. The van der Waals surface area contributed by atoms with Crippen molar-refractivity contribution in [1.29, 1.82) is 0 Å². The number of nitrogens with zero attached hydrogens (tertiary/aromatic N) is 2. The molecule has 1 amide bonds. The van der Waals surface area contributed by atoms with E-state index in [2.05, 4.69) is 10.3 Å². The summed E-state index contributed by atoms with van der Waals surface area (Å²) in [5.74, 6) is -1.28. The molecule has 0 saturated heterocycles. The SMILES string of the molecule is CCC(OC(=O)c1c(-c2ccc(Cl)cc2)c2ccccc2c(=O)n1C)C(=O)Nc1nc(-c2ccc(C)cc2)cs1. The van der Waals surface area contributed by atoms with Crippen molar-refractivity contribution in [2.24, 2.45) is 7.05 Å². The maximum Gasteiger partial charge on any atom is 0.356 e. The number of carbonyl (C=O) groups excluding carboxylic acids is 2. The van der Waals surface area contributed by atoms with E-state index < -0.39 is 18.0 Å². The Morgan fingerprint density at radius 2 is 1.65 bits per heavy atom. The van der Waals surface area contributed by atoms with E-state index in [1.54, 1.807) is 55.5 Å². The van der Waals surface area contributed by atoms with Crippen molar-refractivity contribution < 1.29 is 14.3 Å². The highest BCUT2D eigenvalue weighted by Gasteiger charge is 2.28. The van der Waals surface area contributed by atoms with E-state index in [9.17, 15) is 14.4 Å². The first kappa shape index (κ1) is 27.3. The van der Waals surface area contributed by atoms with Gasteiger partial charge in [0.2, 0.25) is 0 Å². The van der Waals surface area contributed by atoms with Crippen LogP contribution < -0.4 is 10.9 Å². The van der Waals surface area contributed by atoms with Gasteiger partial charge < -0.3 is 9.30 Å². The molecule has 202 valence electrons. The predicted octanol–water partition coefficient (Wildman–Crippen LogP) is 6.86. The Balaban J connectivity index is 1.45. The summed E-state index contributed by atoms with van der Waals surface area (Å²) >= 11 is 7.40. The second-order valence-corrected chi connectivity index (χ2v) is 10.6. The van der Waals surface area contributed by atoms with Gasteiger partial charge in [-0.15, -0.1) is 11.3 Å². The van der Waals surface area contributed by atoms with Crippen LogP contribution >= 0.6 is 22.9 Å². The molecule has 1 N–H and O–H groups in total. The molecule has 0 bridgehead atoms. The zero-order valence-electron chi connectivity index (χ0n) is 22.1. The molecule has 0 radical (unpaired) electrons. The number of carbonyl (C=O) groups is 2. The Bertz CT molecular complexity index is 1780. The number of benzene rings is 3. The third-order valence-corrected chi connectivity index (χ3v) is 7.63. The summed E-state index contributed by atoms with van der Waals surface area (Å²) in [5.41, 5.74) is 3.74. The van der Waals surface area contributed by atoms with Gasteiger partial charge in [-0.2, -0.15) is 0 Å². The summed E-state index contributed by atoms with van der Waals surface area (Å²) in [6.07, 6.45) is -0.871. The topological polar surface area (TPSA) is 90.3 Å². The lowest BCUT2D eigenvalue weighted by atomic mass is 9.96. The van der Waals surface area contributed by atoms with Crippen LogP contribution in [0, 0.1) is 6.92 Å². The number of pyridine rings is 1. The summed E-state index contributed by atoms with van der Waals surface area (Å²) in [5, 5.41) is 6.63. The van der Waals surface area contributed by atoms with Crippen LogP contribution in [0.2, 0.25) is 5.02 Å². The van der Waals surface area contributed by atoms with Crippen LogP contribution in [0.5, 0.6) is 0 Å². The van der Waals surface area contributed by atoms with E-state index in [0.29, 0.717) is 32.1 Å². The van der Waals surface area contributed by atoms with Crippen LogP contribution in [-0.2, 0) is 16.6 Å². The Labute approximate surface area is 240 Å². The van der Waals surface area contributed by atoms with Gasteiger partial charge in [-0.05, 0) is 42.5 Å². The van der Waals surface area contributed by atoms with Gasteiger partial charge in [-0.3, -0.25) is 14.9 Å². The molecule has 5 rings (SSSR count). The van der Waals surface area contributed by atoms with Crippen molar-refractivity contribution in [1.82, 2.24) is 9.55 Å². The Morgan fingerprint density at radius 3 is 2.33 bits per heavy atom. The largest absolute Gasteiger partial charge is 0.448 e. The van der Waals surface area contributed by atoms with Crippen LogP contribution in [0.15, 0.2) is 83.0 Å². The van der Waals surface area contributed by atoms with Gasteiger partial charge in [0.1, 0.15) is 5.69 Å². The lowest BCUT2D eigenvalue weighted by molar-refractivity contribution is -0.124. The van der Waals surface area contributed by atoms with Gasteiger partial charge in [0.05, 0.1) is 5.69 Å². The number of ether oxygens (including phenoxy) is 1. The molecule has 0 saturated carbocycles. The number of rotatable bonds is 7. The molecule has 1 atom stereocenters. The number of fused-ring (bicyclic) bond motifs is 1. The van der Waals surface area contributed by atoms with E-state index >= 15 is 0 Å². The maximum atomic E-state index is 13.7. The van der Waals surface area contributed by atoms with Gasteiger partial charge in [-0.1, -0.05) is 78.7 Å². The smallest absolute Gasteiger partial charge is 0.356 e. The van der Waals surface area contributed by atoms with Crippen molar-refractivity contribution in [3.8, 4) is 22.4 Å². The van der Waals surface area contributed by atoms with Crippen molar-refractivity contribution in [2.75, 3.05) is 5.32 Å². The number of nitrogens with one attached hydrogen (secondary N) is 1.